The number of carbonyl (C=O) groups excluding carboxylic acids is 1. The maximum atomic E-state index is 13.0. The summed E-state index contributed by atoms with van der Waals surface area (Å²) in [6.45, 7) is 0.536. The standard InChI is InChI=1S/C22H27N3O3/c1-27-18-5-3-2-4-17(18)20-24-19(28-25-20)6-7-23-21(26)22-11-14-8-15(12-22)10-16(9-14)13-22/h2-5,14-16H,6-13H2,1H3,(H,23,26). The van der Waals surface area contributed by atoms with Crippen LogP contribution in [0.4, 0.5) is 0 Å². The number of methoxy groups -OCH3 is 1. The van der Waals surface area contributed by atoms with E-state index in [9.17, 15) is 4.79 Å². The van der Waals surface area contributed by atoms with Crippen molar-refractivity contribution in [3.05, 3.63) is 30.2 Å². The van der Waals surface area contributed by atoms with Crippen LogP contribution >= 0.6 is 0 Å². The van der Waals surface area contributed by atoms with Crippen LogP contribution in [0.15, 0.2) is 28.8 Å². The number of carbonyl (C=O) groups is 1. The number of rotatable bonds is 6. The Morgan fingerprint density at radius 3 is 2.54 bits per heavy atom. The number of hydrogen-bond donors (Lipinski definition) is 1. The highest BCUT2D eigenvalue weighted by Crippen LogP contribution is 2.60. The molecule has 4 fully saturated rings. The first kappa shape index (κ1) is 17.7. The maximum absolute atomic E-state index is 13.0. The number of benzene rings is 1. The van der Waals surface area contributed by atoms with Gasteiger partial charge >= 0.3 is 0 Å². The molecule has 1 N–H and O–H groups in total. The molecular formula is C22H27N3O3. The zero-order valence-corrected chi connectivity index (χ0v) is 16.3. The molecule has 4 saturated carbocycles. The lowest BCUT2D eigenvalue weighted by Crippen LogP contribution is -2.53. The summed E-state index contributed by atoms with van der Waals surface area (Å²) >= 11 is 0. The second kappa shape index (κ2) is 6.90. The van der Waals surface area contributed by atoms with Gasteiger partial charge in [0.05, 0.1) is 12.7 Å². The highest BCUT2D eigenvalue weighted by molar-refractivity contribution is 5.83. The fourth-order valence-corrected chi connectivity index (χ4v) is 6.15. The van der Waals surface area contributed by atoms with Gasteiger partial charge in [0.1, 0.15) is 5.75 Å². The fraction of sp³-hybridized carbons (Fsp3) is 0.591. The van der Waals surface area contributed by atoms with E-state index in [1.54, 1.807) is 7.11 Å². The lowest BCUT2D eigenvalue weighted by Gasteiger charge is -2.55. The molecule has 0 saturated heterocycles. The summed E-state index contributed by atoms with van der Waals surface area (Å²) in [5.74, 6) is 4.33. The minimum absolute atomic E-state index is 0.105. The molecule has 2 aromatic rings. The minimum atomic E-state index is -0.105. The van der Waals surface area contributed by atoms with E-state index in [0.717, 1.165) is 42.6 Å². The van der Waals surface area contributed by atoms with E-state index in [4.69, 9.17) is 9.26 Å². The van der Waals surface area contributed by atoms with Gasteiger partial charge < -0.3 is 14.6 Å². The summed E-state index contributed by atoms with van der Waals surface area (Å²) < 4.78 is 10.7. The van der Waals surface area contributed by atoms with E-state index < -0.39 is 0 Å². The van der Waals surface area contributed by atoms with E-state index in [-0.39, 0.29) is 11.3 Å². The van der Waals surface area contributed by atoms with Crippen LogP contribution in [0.25, 0.3) is 11.4 Å². The molecule has 4 aliphatic rings. The number of aromatic nitrogens is 2. The second-order valence-corrected chi connectivity index (χ2v) is 8.92. The van der Waals surface area contributed by atoms with Crippen molar-refractivity contribution in [1.29, 1.82) is 0 Å². The zero-order valence-electron chi connectivity index (χ0n) is 16.3. The predicted octanol–water partition coefficient (Wildman–Crippen LogP) is 3.62. The molecular weight excluding hydrogens is 354 g/mol. The molecule has 0 spiro atoms. The average Bonchev–Trinajstić information content (AvgIpc) is 3.15. The van der Waals surface area contributed by atoms with Gasteiger partial charge in [0.25, 0.3) is 0 Å². The maximum Gasteiger partial charge on any atom is 0.228 e. The highest BCUT2D eigenvalue weighted by Gasteiger charge is 2.54. The quantitative estimate of drug-likeness (QED) is 0.827. The predicted molar refractivity (Wildman–Crippen MR) is 104 cm³/mol. The van der Waals surface area contributed by atoms with Crippen LogP contribution in [0.2, 0.25) is 0 Å². The van der Waals surface area contributed by atoms with Crippen LogP contribution < -0.4 is 10.1 Å². The van der Waals surface area contributed by atoms with Gasteiger partial charge in [-0.15, -0.1) is 0 Å². The van der Waals surface area contributed by atoms with Crippen LogP contribution in [0.5, 0.6) is 5.75 Å². The van der Waals surface area contributed by atoms with E-state index in [1.807, 2.05) is 24.3 Å². The Morgan fingerprint density at radius 1 is 1.18 bits per heavy atom. The summed E-state index contributed by atoms with van der Waals surface area (Å²) in [6, 6.07) is 7.60. The van der Waals surface area contributed by atoms with Gasteiger partial charge in [-0.3, -0.25) is 4.79 Å². The Balaban J connectivity index is 1.20. The van der Waals surface area contributed by atoms with Crippen molar-refractivity contribution in [2.45, 2.75) is 44.9 Å². The molecule has 1 heterocycles. The molecule has 0 atom stereocenters. The Kier molecular flexibility index (Phi) is 4.37. The number of ether oxygens (including phenoxy) is 1. The number of para-hydroxylation sites is 1. The molecule has 1 amide bonds. The Bertz CT molecular complexity index is 840. The molecule has 4 bridgehead atoms. The van der Waals surface area contributed by atoms with Crippen molar-refractivity contribution in [3.63, 3.8) is 0 Å². The number of amides is 1. The van der Waals surface area contributed by atoms with Crippen molar-refractivity contribution in [2.24, 2.45) is 23.2 Å². The van der Waals surface area contributed by atoms with E-state index in [0.29, 0.717) is 30.4 Å². The summed E-state index contributed by atoms with van der Waals surface area (Å²) in [5, 5.41) is 7.24. The topological polar surface area (TPSA) is 77.3 Å². The Labute approximate surface area is 165 Å². The van der Waals surface area contributed by atoms with Crippen LogP contribution in [0.1, 0.15) is 44.4 Å². The van der Waals surface area contributed by atoms with Gasteiger partial charge in [-0.25, -0.2) is 0 Å². The van der Waals surface area contributed by atoms with Gasteiger partial charge in [0, 0.05) is 18.4 Å². The van der Waals surface area contributed by atoms with Gasteiger partial charge in [0.15, 0.2) is 0 Å². The van der Waals surface area contributed by atoms with Gasteiger partial charge in [-0.05, 0) is 68.4 Å². The van der Waals surface area contributed by atoms with Gasteiger partial charge in [0.2, 0.25) is 17.6 Å². The monoisotopic (exact) mass is 381 g/mol. The molecule has 0 unspecified atom stereocenters. The molecule has 4 aliphatic carbocycles. The van der Waals surface area contributed by atoms with Crippen molar-refractivity contribution < 1.29 is 14.1 Å². The number of hydrogen-bond acceptors (Lipinski definition) is 5. The average molecular weight is 381 g/mol. The molecule has 1 aromatic heterocycles. The smallest absolute Gasteiger partial charge is 0.228 e. The first-order valence-electron chi connectivity index (χ1n) is 10.4. The van der Waals surface area contributed by atoms with Crippen LogP contribution in [0, 0.1) is 23.2 Å². The van der Waals surface area contributed by atoms with Crippen molar-refractivity contribution in [3.8, 4) is 17.1 Å². The van der Waals surface area contributed by atoms with Gasteiger partial charge in [-0.1, -0.05) is 17.3 Å². The fourth-order valence-electron chi connectivity index (χ4n) is 6.15. The minimum Gasteiger partial charge on any atom is -0.496 e. The third kappa shape index (κ3) is 3.09. The van der Waals surface area contributed by atoms with Gasteiger partial charge in [-0.2, -0.15) is 4.98 Å². The SMILES string of the molecule is COc1ccccc1-c1noc(CCNC(=O)C23CC4CC(CC(C4)C2)C3)n1. The summed E-state index contributed by atoms with van der Waals surface area (Å²) in [5.41, 5.74) is 0.698. The van der Waals surface area contributed by atoms with Crippen molar-refractivity contribution in [1.82, 2.24) is 15.5 Å². The zero-order chi connectivity index (χ0) is 19.1. The molecule has 0 radical (unpaired) electrons. The van der Waals surface area contributed by atoms with Crippen LogP contribution in [0.3, 0.4) is 0 Å². The summed E-state index contributed by atoms with van der Waals surface area (Å²) in [7, 11) is 1.62. The van der Waals surface area contributed by atoms with Crippen LogP contribution in [-0.4, -0.2) is 29.7 Å². The first-order valence-corrected chi connectivity index (χ1v) is 10.4. The summed E-state index contributed by atoms with van der Waals surface area (Å²) in [6.07, 6.45) is 7.84. The van der Waals surface area contributed by atoms with E-state index >= 15 is 0 Å². The van der Waals surface area contributed by atoms with Crippen molar-refractivity contribution in [2.75, 3.05) is 13.7 Å². The molecule has 6 rings (SSSR count). The van der Waals surface area contributed by atoms with Crippen LogP contribution in [-0.2, 0) is 11.2 Å². The summed E-state index contributed by atoms with van der Waals surface area (Å²) in [4.78, 5) is 17.5. The molecule has 6 nitrogen and oxygen atoms in total. The lowest BCUT2D eigenvalue weighted by molar-refractivity contribution is -0.146. The second-order valence-electron chi connectivity index (χ2n) is 8.92. The first-order chi connectivity index (χ1) is 13.6. The highest BCUT2D eigenvalue weighted by atomic mass is 16.5. The Hall–Kier alpha value is -2.37. The molecule has 6 heteroatoms. The number of nitrogens with zero attached hydrogens (tertiary/aromatic N) is 2. The largest absolute Gasteiger partial charge is 0.496 e. The van der Waals surface area contributed by atoms with E-state index in [2.05, 4.69) is 15.5 Å². The third-order valence-corrected chi connectivity index (χ3v) is 6.96. The molecule has 148 valence electrons. The van der Waals surface area contributed by atoms with Crippen molar-refractivity contribution >= 4 is 5.91 Å². The molecule has 0 aliphatic heterocycles. The third-order valence-electron chi connectivity index (χ3n) is 6.96. The van der Waals surface area contributed by atoms with E-state index in [1.165, 1.54) is 19.3 Å². The Morgan fingerprint density at radius 2 is 1.86 bits per heavy atom. The normalized spacial score (nSPS) is 30.4. The lowest BCUT2D eigenvalue weighted by atomic mass is 9.49. The number of nitrogens with one attached hydrogen (secondary N) is 1. The molecule has 1 aromatic carbocycles. The molecule has 28 heavy (non-hydrogen) atoms.